The molecule has 0 aliphatic heterocycles. The molecule has 0 saturated heterocycles. The maximum Gasteiger partial charge on any atom is 0.248 e. The summed E-state index contributed by atoms with van der Waals surface area (Å²) in [5.74, 6) is -0.532. The molecule has 0 heterocycles. The number of carbonyl (C=O) groups is 1. The van der Waals surface area contributed by atoms with Crippen molar-refractivity contribution in [2.45, 2.75) is 6.42 Å². The van der Waals surface area contributed by atoms with Crippen LogP contribution in [0.2, 0.25) is 0 Å². The summed E-state index contributed by atoms with van der Waals surface area (Å²) in [7, 11) is -3.15. The first kappa shape index (κ1) is 15.3. The molecule has 0 saturated carbocycles. The number of nitrogens with two attached hydrogens (primary N) is 2. The van der Waals surface area contributed by atoms with Gasteiger partial charge in [-0.2, -0.15) is 0 Å². The van der Waals surface area contributed by atoms with Gasteiger partial charge < -0.3 is 16.8 Å². The second kappa shape index (κ2) is 6.39. The van der Waals surface area contributed by atoms with E-state index in [9.17, 15) is 13.2 Å². The van der Waals surface area contributed by atoms with E-state index in [-0.39, 0.29) is 0 Å². The lowest BCUT2D eigenvalue weighted by Crippen LogP contribution is -2.24. The smallest absolute Gasteiger partial charge is 0.248 e. The van der Waals surface area contributed by atoms with Crippen LogP contribution in [0.3, 0.4) is 0 Å². The molecule has 1 amide bonds. The van der Waals surface area contributed by atoms with E-state index in [2.05, 4.69) is 10.0 Å². The maximum atomic E-state index is 10.9. The number of carbonyl (C=O) groups excluding carboxylic acids is 1. The van der Waals surface area contributed by atoms with Gasteiger partial charge >= 0.3 is 0 Å². The van der Waals surface area contributed by atoms with E-state index >= 15 is 0 Å². The van der Waals surface area contributed by atoms with Crippen molar-refractivity contribution >= 4 is 27.3 Å². The molecular formula is C11H18N4O3S. The summed E-state index contributed by atoms with van der Waals surface area (Å²) in [5, 5.41) is 3.05. The topological polar surface area (TPSA) is 127 Å². The standard InChI is InChI=1S/C11H18N4O3S/c1-19(17,18)15-6-2-5-14-10-4-3-8(11(13)16)7-9(10)12/h3-4,7,14-15H,2,5-6,12H2,1H3,(H2,13,16). The van der Waals surface area contributed by atoms with Crippen molar-refractivity contribution in [3.05, 3.63) is 23.8 Å². The zero-order valence-electron chi connectivity index (χ0n) is 10.6. The van der Waals surface area contributed by atoms with E-state index < -0.39 is 15.9 Å². The minimum Gasteiger partial charge on any atom is -0.397 e. The van der Waals surface area contributed by atoms with Crippen molar-refractivity contribution in [1.82, 2.24) is 4.72 Å². The molecule has 0 aliphatic rings. The second-order valence-corrected chi connectivity index (χ2v) is 5.95. The molecule has 1 aromatic carbocycles. The Morgan fingerprint density at radius 1 is 1.32 bits per heavy atom. The van der Waals surface area contributed by atoms with Crippen LogP contribution in [0.1, 0.15) is 16.8 Å². The zero-order valence-corrected chi connectivity index (χ0v) is 11.5. The minimum absolute atomic E-state index is 0.349. The van der Waals surface area contributed by atoms with Crippen molar-refractivity contribution < 1.29 is 13.2 Å². The Bertz CT molecular complexity index is 557. The molecule has 0 fully saturated rings. The molecule has 6 N–H and O–H groups in total. The maximum absolute atomic E-state index is 10.9. The summed E-state index contributed by atoms with van der Waals surface area (Å²) in [6.07, 6.45) is 1.73. The van der Waals surface area contributed by atoms with E-state index in [1.165, 1.54) is 6.07 Å². The Hall–Kier alpha value is -1.80. The summed E-state index contributed by atoms with van der Waals surface area (Å²) < 4.78 is 24.0. The molecular weight excluding hydrogens is 268 g/mol. The fourth-order valence-corrected chi connectivity index (χ4v) is 1.96. The van der Waals surface area contributed by atoms with Gasteiger partial charge in [-0.3, -0.25) is 4.79 Å². The number of nitrogen functional groups attached to an aromatic ring is 1. The highest BCUT2D eigenvalue weighted by Gasteiger charge is 2.04. The molecule has 0 unspecified atom stereocenters. The molecule has 0 aliphatic carbocycles. The highest BCUT2D eigenvalue weighted by molar-refractivity contribution is 7.88. The van der Waals surface area contributed by atoms with Crippen LogP contribution < -0.4 is 21.5 Å². The third kappa shape index (κ3) is 5.58. The number of anilines is 2. The normalized spacial score (nSPS) is 11.2. The lowest BCUT2D eigenvalue weighted by molar-refractivity contribution is 0.100. The molecule has 19 heavy (non-hydrogen) atoms. The number of hydrogen-bond donors (Lipinski definition) is 4. The molecule has 0 bridgehead atoms. The van der Waals surface area contributed by atoms with Gasteiger partial charge in [-0.15, -0.1) is 0 Å². The molecule has 0 radical (unpaired) electrons. The molecule has 1 rings (SSSR count). The van der Waals surface area contributed by atoms with Crippen LogP contribution in [-0.4, -0.2) is 33.7 Å². The van der Waals surface area contributed by atoms with Gasteiger partial charge in [-0.1, -0.05) is 0 Å². The first-order valence-electron chi connectivity index (χ1n) is 5.67. The highest BCUT2D eigenvalue weighted by Crippen LogP contribution is 2.19. The summed E-state index contributed by atoms with van der Waals surface area (Å²) in [6, 6.07) is 4.74. The van der Waals surface area contributed by atoms with E-state index in [0.29, 0.717) is 36.4 Å². The van der Waals surface area contributed by atoms with Gasteiger partial charge in [0.25, 0.3) is 0 Å². The molecule has 7 nitrogen and oxygen atoms in total. The monoisotopic (exact) mass is 286 g/mol. The van der Waals surface area contributed by atoms with Crippen molar-refractivity contribution in [2.75, 3.05) is 30.4 Å². The van der Waals surface area contributed by atoms with E-state index in [0.717, 1.165) is 6.26 Å². The van der Waals surface area contributed by atoms with Crippen LogP contribution in [0.25, 0.3) is 0 Å². The average molecular weight is 286 g/mol. The van der Waals surface area contributed by atoms with Crippen LogP contribution in [-0.2, 0) is 10.0 Å². The van der Waals surface area contributed by atoms with Crippen molar-refractivity contribution in [2.24, 2.45) is 5.73 Å². The SMILES string of the molecule is CS(=O)(=O)NCCCNc1ccc(C(N)=O)cc1N. The van der Waals surface area contributed by atoms with Gasteiger partial charge in [-0.25, -0.2) is 13.1 Å². The third-order valence-corrected chi connectivity index (χ3v) is 3.10. The second-order valence-electron chi connectivity index (χ2n) is 4.11. The first-order chi connectivity index (χ1) is 8.79. The average Bonchev–Trinajstić information content (AvgIpc) is 2.28. The summed E-state index contributed by atoms with van der Waals surface area (Å²) >= 11 is 0. The largest absolute Gasteiger partial charge is 0.397 e. The summed E-state index contributed by atoms with van der Waals surface area (Å²) in [4.78, 5) is 10.9. The number of primary amides is 1. The van der Waals surface area contributed by atoms with E-state index in [1.807, 2.05) is 0 Å². The molecule has 0 aromatic heterocycles. The fourth-order valence-electron chi connectivity index (χ4n) is 1.45. The number of hydrogen-bond acceptors (Lipinski definition) is 5. The Morgan fingerprint density at radius 3 is 2.53 bits per heavy atom. The van der Waals surface area contributed by atoms with E-state index in [1.54, 1.807) is 12.1 Å². The Kier molecular flexibility index (Phi) is 5.13. The van der Waals surface area contributed by atoms with Gasteiger partial charge in [0.05, 0.1) is 17.6 Å². The van der Waals surface area contributed by atoms with Crippen LogP contribution in [0.15, 0.2) is 18.2 Å². The predicted octanol–water partition coefficient (Wildman–Crippen LogP) is -0.281. The first-order valence-corrected chi connectivity index (χ1v) is 7.56. The Labute approximate surface area is 112 Å². The molecule has 1 aromatic rings. The van der Waals surface area contributed by atoms with Gasteiger partial charge in [0.2, 0.25) is 15.9 Å². The zero-order chi connectivity index (χ0) is 14.5. The number of benzene rings is 1. The lowest BCUT2D eigenvalue weighted by Gasteiger charge is -2.10. The van der Waals surface area contributed by atoms with E-state index in [4.69, 9.17) is 11.5 Å². The highest BCUT2D eigenvalue weighted by atomic mass is 32.2. The summed E-state index contributed by atoms with van der Waals surface area (Å²) in [6.45, 7) is 0.910. The lowest BCUT2D eigenvalue weighted by atomic mass is 10.1. The molecule has 0 spiro atoms. The molecule has 8 heteroatoms. The molecule has 106 valence electrons. The van der Waals surface area contributed by atoms with Crippen molar-refractivity contribution in [1.29, 1.82) is 0 Å². The number of rotatable bonds is 7. The number of amides is 1. The quantitative estimate of drug-likeness (QED) is 0.405. The predicted molar refractivity (Wildman–Crippen MR) is 75.3 cm³/mol. The number of sulfonamides is 1. The third-order valence-electron chi connectivity index (χ3n) is 2.37. The van der Waals surface area contributed by atoms with Crippen LogP contribution >= 0.6 is 0 Å². The van der Waals surface area contributed by atoms with Crippen molar-refractivity contribution in [3.8, 4) is 0 Å². The van der Waals surface area contributed by atoms with Crippen LogP contribution in [0.4, 0.5) is 11.4 Å². The number of nitrogens with one attached hydrogen (secondary N) is 2. The Balaban J connectivity index is 2.44. The van der Waals surface area contributed by atoms with Crippen molar-refractivity contribution in [3.63, 3.8) is 0 Å². The summed E-state index contributed by atoms with van der Waals surface area (Å²) in [5.41, 5.74) is 12.4. The van der Waals surface area contributed by atoms with Gasteiger partial charge in [-0.05, 0) is 24.6 Å². The molecule has 0 atom stereocenters. The van der Waals surface area contributed by atoms with Gasteiger partial charge in [0.15, 0.2) is 0 Å². The Morgan fingerprint density at radius 2 is 2.00 bits per heavy atom. The van der Waals surface area contributed by atoms with Crippen LogP contribution in [0, 0.1) is 0 Å². The fraction of sp³-hybridized carbons (Fsp3) is 0.364. The van der Waals surface area contributed by atoms with Crippen LogP contribution in [0.5, 0.6) is 0 Å². The van der Waals surface area contributed by atoms with Gasteiger partial charge in [0.1, 0.15) is 0 Å². The minimum atomic E-state index is -3.15. The van der Waals surface area contributed by atoms with Gasteiger partial charge in [0, 0.05) is 18.7 Å².